The summed E-state index contributed by atoms with van der Waals surface area (Å²) in [6.07, 6.45) is 1.89. The fourth-order valence-electron chi connectivity index (χ4n) is 3.11. The van der Waals surface area contributed by atoms with Crippen LogP contribution in [0.15, 0.2) is 29.2 Å². The van der Waals surface area contributed by atoms with Crippen molar-refractivity contribution in [2.75, 3.05) is 39.4 Å². The Morgan fingerprint density at radius 1 is 1.18 bits per heavy atom. The largest absolute Gasteiger partial charge is 0.380 e. The Morgan fingerprint density at radius 2 is 2.05 bits per heavy atom. The van der Waals surface area contributed by atoms with Crippen molar-refractivity contribution in [1.29, 1.82) is 0 Å². The number of nitrogens with zero attached hydrogens (tertiary/aromatic N) is 2. The van der Waals surface area contributed by atoms with E-state index in [2.05, 4.69) is 4.90 Å². The summed E-state index contributed by atoms with van der Waals surface area (Å²) in [4.78, 5) is 2.64. The van der Waals surface area contributed by atoms with Crippen molar-refractivity contribution in [2.45, 2.75) is 23.8 Å². The van der Waals surface area contributed by atoms with Crippen LogP contribution in [0, 0.1) is 0 Å². The quantitative estimate of drug-likeness (QED) is 0.839. The number of halogens is 1. The van der Waals surface area contributed by atoms with Gasteiger partial charge in [0.1, 0.15) is 0 Å². The highest BCUT2D eigenvalue weighted by atomic mass is 35.5. The smallest absolute Gasteiger partial charge is 0.243 e. The van der Waals surface area contributed by atoms with Crippen LogP contribution in [-0.2, 0) is 14.8 Å². The Labute approximate surface area is 136 Å². The molecule has 2 fully saturated rings. The van der Waals surface area contributed by atoms with Crippen LogP contribution < -0.4 is 0 Å². The zero-order valence-corrected chi connectivity index (χ0v) is 14.0. The van der Waals surface area contributed by atoms with Gasteiger partial charge in [-0.3, -0.25) is 4.90 Å². The molecule has 122 valence electrons. The summed E-state index contributed by atoms with van der Waals surface area (Å²) in [6, 6.07) is 6.92. The Bertz CT molecular complexity index is 617. The van der Waals surface area contributed by atoms with E-state index in [1.807, 2.05) is 0 Å². The molecule has 0 aromatic heterocycles. The predicted octanol–water partition coefficient (Wildman–Crippen LogP) is 1.83. The Kier molecular flexibility index (Phi) is 5.04. The summed E-state index contributed by atoms with van der Waals surface area (Å²) >= 11 is 5.93. The monoisotopic (exact) mass is 344 g/mol. The van der Waals surface area contributed by atoms with E-state index < -0.39 is 10.0 Å². The first-order valence-electron chi connectivity index (χ1n) is 7.65. The molecule has 22 heavy (non-hydrogen) atoms. The number of sulfonamides is 1. The third kappa shape index (κ3) is 3.46. The molecular formula is C15H21ClN2O3S. The van der Waals surface area contributed by atoms with E-state index in [0.29, 0.717) is 24.2 Å². The number of rotatable bonds is 3. The number of benzene rings is 1. The van der Waals surface area contributed by atoms with Gasteiger partial charge in [-0.25, -0.2) is 8.42 Å². The van der Waals surface area contributed by atoms with Crippen LogP contribution in [0.3, 0.4) is 0 Å². The van der Waals surface area contributed by atoms with Gasteiger partial charge >= 0.3 is 0 Å². The highest BCUT2D eigenvalue weighted by Crippen LogP contribution is 2.22. The lowest BCUT2D eigenvalue weighted by molar-refractivity contribution is 0.147. The normalized spacial score (nSPS) is 25.2. The zero-order valence-electron chi connectivity index (χ0n) is 12.4. The maximum Gasteiger partial charge on any atom is 0.243 e. The molecule has 0 spiro atoms. The SMILES string of the molecule is O=S(=O)(c1cccc(Cl)c1)N1CCCN(C2CCOC2)CC1. The van der Waals surface area contributed by atoms with Gasteiger partial charge in [0.2, 0.25) is 10.0 Å². The van der Waals surface area contributed by atoms with Gasteiger partial charge in [0.15, 0.2) is 0 Å². The average Bonchev–Trinajstić information content (AvgIpc) is 2.91. The first-order valence-corrected chi connectivity index (χ1v) is 9.47. The van der Waals surface area contributed by atoms with Gasteiger partial charge < -0.3 is 4.74 Å². The molecule has 1 aromatic rings. The topological polar surface area (TPSA) is 49.9 Å². The lowest BCUT2D eigenvalue weighted by Crippen LogP contribution is -2.39. The molecule has 5 nitrogen and oxygen atoms in total. The van der Waals surface area contributed by atoms with Gasteiger partial charge in [-0.05, 0) is 37.6 Å². The van der Waals surface area contributed by atoms with Crippen LogP contribution in [0.2, 0.25) is 5.02 Å². The fourth-order valence-corrected chi connectivity index (χ4v) is 4.88. The third-order valence-corrected chi connectivity index (χ3v) is 6.48. The zero-order chi connectivity index (χ0) is 15.6. The Balaban J connectivity index is 1.72. The van der Waals surface area contributed by atoms with Gasteiger partial charge in [0, 0.05) is 37.3 Å². The lowest BCUT2D eigenvalue weighted by Gasteiger charge is -2.26. The second-order valence-electron chi connectivity index (χ2n) is 5.77. The summed E-state index contributed by atoms with van der Waals surface area (Å²) in [5, 5.41) is 0.445. The van der Waals surface area contributed by atoms with Gasteiger partial charge in [-0.15, -0.1) is 0 Å². The molecule has 2 aliphatic heterocycles. The van der Waals surface area contributed by atoms with E-state index in [0.717, 1.165) is 39.1 Å². The first-order chi connectivity index (χ1) is 10.6. The summed E-state index contributed by atoms with van der Waals surface area (Å²) < 4.78 is 32.5. The molecule has 2 aliphatic rings. The van der Waals surface area contributed by atoms with Crippen molar-refractivity contribution in [3.63, 3.8) is 0 Å². The molecule has 1 unspecified atom stereocenters. The molecular weight excluding hydrogens is 324 g/mol. The van der Waals surface area contributed by atoms with Crippen molar-refractivity contribution in [2.24, 2.45) is 0 Å². The summed E-state index contributed by atoms with van der Waals surface area (Å²) in [7, 11) is -3.46. The maximum absolute atomic E-state index is 12.7. The van der Waals surface area contributed by atoms with Crippen molar-refractivity contribution in [1.82, 2.24) is 9.21 Å². The highest BCUT2D eigenvalue weighted by Gasteiger charge is 2.30. The molecule has 1 aromatic carbocycles. The van der Waals surface area contributed by atoms with Crippen LogP contribution in [0.1, 0.15) is 12.8 Å². The fraction of sp³-hybridized carbons (Fsp3) is 0.600. The van der Waals surface area contributed by atoms with Gasteiger partial charge in [-0.2, -0.15) is 4.31 Å². The highest BCUT2D eigenvalue weighted by molar-refractivity contribution is 7.89. The predicted molar refractivity (Wildman–Crippen MR) is 85.6 cm³/mol. The van der Waals surface area contributed by atoms with E-state index in [1.54, 1.807) is 22.5 Å². The second-order valence-corrected chi connectivity index (χ2v) is 8.14. The summed E-state index contributed by atoms with van der Waals surface area (Å²) in [5.74, 6) is 0. The lowest BCUT2D eigenvalue weighted by atomic mass is 10.2. The first kappa shape index (κ1) is 16.2. The standard InChI is InChI=1S/C15H21ClN2O3S/c16-13-3-1-4-15(11-13)22(19,20)18-7-2-6-17(8-9-18)14-5-10-21-12-14/h1,3-4,11,14H,2,5-10,12H2. The Morgan fingerprint density at radius 3 is 2.77 bits per heavy atom. The van der Waals surface area contributed by atoms with Gasteiger partial charge in [0.25, 0.3) is 0 Å². The molecule has 0 radical (unpaired) electrons. The van der Waals surface area contributed by atoms with Crippen molar-refractivity contribution in [3.05, 3.63) is 29.3 Å². The molecule has 2 saturated heterocycles. The Hall–Kier alpha value is -0.660. The summed E-state index contributed by atoms with van der Waals surface area (Å²) in [6.45, 7) is 4.33. The van der Waals surface area contributed by atoms with E-state index in [-0.39, 0.29) is 4.90 Å². The minimum atomic E-state index is -3.46. The van der Waals surface area contributed by atoms with Crippen molar-refractivity contribution >= 4 is 21.6 Å². The minimum absolute atomic E-state index is 0.276. The molecule has 0 bridgehead atoms. The van der Waals surface area contributed by atoms with Gasteiger partial charge in [0.05, 0.1) is 11.5 Å². The maximum atomic E-state index is 12.7. The average molecular weight is 345 g/mol. The molecule has 1 atom stereocenters. The van der Waals surface area contributed by atoms with Crippen LogP contribution in [0.25, 0.3) is 0 Å². The molecule has 0 saturated carbocycles. The minimum Gasteiger partial charge on any atom is -0.380 e. The number of hydrogen-bond acceptors (Lipinski definition) is 4. The molecule has 0 aliphatic carbocycles. The van der Waals surface area contributed by atoms with Gasteiger partial charge in [-0.1, -0.05) is 17.7 Å². The van der Waals surface area contributed by atoms with E-state index in [9.17, 15) is 8.42 Å². The van der Waals surface area contributed by atoms with E-state index in [4.69, 9.17) is 16.3 Å². The molecule has 0 amide bonds. The molecule has 3 rings (SSSR count). The van der Waals surface area contributed by atoms with Crippen LogP contribution >= 0.6 is 11.6 Å². The molecule has 0 N–H and O–H groups in total. The van der Waals surface area contributed by atoms with E-state index in [1.165, 1.54) is 6.07 Å². The second kappa shape index (κ2) is 6.84. The summed E-state index contributed by atoms with van der Waals surface area (Å²) in [5.41, 5.74) is 0. The number of hydrogen-bond donors (Lipinski definition) is 0. The van der Waals surface area contributed by atoms with Crippen LogP contribution in [0.5, 0.6) is 0 Å². The van der Waals surface area contributed by atoms with Crippen LogP contribution in [-0.4, -0.2) is 63.1 Å². The molecule has 2 heterocycles. The van der Waals surface area contributed by atoms with Crippen molar-refractivity contribution < 1.29 is 13.2 Å². The van der Waals surface area contributed by atoms with E-state index >= 15 is 0 Å². The number of ether oxygens (including phenoxy) is 1. The molecule has 7 heteroatoms. The third-order valence-electron chi connectivity index (χ3n) is 4.35. The van der Waals surface area contributed by atoms with Crippen LogP contribution in [0.4, 0.5) is 0 Å². The van der Waals surface area contributed by atoms with Crippen molar-refractivity contribution in [3.8, 4) is 0 Å².